The minimum absolute atomic E-state index is 0.190. The van der Waals surface area contributed by atoms with Crippen LogP contribution in [0.25, 0.3) is 11.3 Å². The number of hydrogen-bond acceptors (Lipinski definition) is 4. The normalized spacial score (nSPS) is 10.3. The number of anilines is 1. The zero-order chi connectivity index (χ0) is 16.1. The topological polar surface area (TPSA) is 59.1 Å². The number of hydrogen-bond donors (Lipinski definition) is 1. The van der Waals surface area contributed by atoms with Crippen LogP contribution in [0.4, 0.5) is 5.13 Å². The van der Waals surface area contributed by atoms with E-state index in [1.807, 2.05) is 41.8 Å². The summed E-state index contributed by atoms with van der Waals surface area (Å²) in [6, 6.07) is 18.5. The molecule has 0 saturated heterocycles. The number of carbonyl (C=O) groups excluding carboxylic acids is 2. The fourth-order valence-corrected chi connectivity index (χ4v) is 2.84. The van der Waals surface area contributed by atoms with Crippen molar-refractivity contribution in [2.45, 2.75) is 6.42 Å². The zero-order valence-electron chi connectivity index (χ0n) is 12.2. The summed E-state index contributed by atoms with van der Waals surface area (Å²) >= 11 is 1.34. The maximum Gasteiger partial charge on any atom is 0.233 e. The number of thiazole rings is 1. The molecule has 3 aromatic rings. The van der Waals surface area contributed by atoms with Gasteiger partial charge in [-0.2, -0.15) is 0 Å². The summed E-state index contributed by atoms with van der Waals surface area (Å²) in [7, 11) is 0. The molecule has 0 bridgehead atoms. The van der Waals surface area contributed by atoms with Gasteiger partial charge < -0.3 is 5.32 Å². The smallest absolute Gasteiger partial charge is 0.233 e. The second-order valence-electron chi connectivity index (χ2n) is 4.92. The van der Waals surface area contributed by atoms with Crippen molar-refractivity contribution in [1.82, 2.24) is 4.98 Å². The van der Waals surface area contributed by atoms with E-state index in [0.29, 0.717) is 10.7 Å². The van der Waals surface area contributed by atoms with Gasteiger partial charge in [-0.15, -0.1) is 11.3 Å². The third-order valence-electron chi connectivity index (χ3n) is 3.24. The van der Waals surface area contributed by atoms with Crippen molar-refractivity contribution < 1.29 is 9.59 Å². The summed E-state index contributed by atoms with van der Waals surface area (Å²) in [6.45, 7) is 0. The minimum atomic E-state index is -0.354. The molecule has 114 valence electrons. The number of rotatable bonds is 5. The highest BCUT2D eigenvalue weighted by Crippen LogP contribution is 2.24. The number of Topliss-reactive ketones (excluding diaryl/α,β-unsaturated/α-hetero) is 1. The summed E-state index contributed by atoms with van der Waals surface area (Å²) < 4.78 is 0. The lowest BCUT2D eigenvalue weighted by Gasteiger charge is -2.01. The number of nitrogens with zero attached hydrogens (tertiary/aromatic N) is 1. The van der Waals surface area contributed by atoms with Gasteiger partial charge in [-0.3, -0.25) is 9.59 Å². The fourth-order valence-electron chi connectivity index (χ4n) is 2.11. The Bertz CT molecular complexity index is 813. The Morgan fingerprint density at radius 1 is 0.957 bits per heavy atom. The first-order valence-electron chi connectivity index (χ1n) is 7.11. The van der Waals surface area contributed by atoms with Crippen LogP contribution in [0.5, 0.6) is 0 Å². The van der Waals surface area contributed by atoms with Crippen LogP contribution >= 0.6 is 11.3 Å². The van der Waals surface area contributed by atoms with E-state index < -0.39 is 0 Å². The molecule has 5 heteroatoms. The zero-order valence-corrected chi connectivity index (χ0v) is 13.0. The van der Waals surface area contributed by atoms with E-state index in [9.17, 15) is 9.59 Å². The monoisotopic (exact) mass is 322 g/mol. The average molecular weight is 322 g/mol. The molecule has 1 amide bonds. The molecule has 0 spiro atoms. The molecule has 0 aliphatic carbocycles. The number of ketones is 1. The molecule has 0 unspecified atom stereocenters. The van der Waals surface area contributed by atoms with Gasteiger partial charge in [-0.05, 0) is 0 Å². The second-order valence-corrected chi connectivity index (χ2v) is 5.78. The molecular weight excluding hydrogens is 308 g/mol. The molecule has 23 heavy (non-hydrogen) atoms. The van der Waals surface area contributed by atoms with Gasteiger partial charge in [-0.25, -0.2) is 4.98 Å². The Labute approximate surface area is 137 Å². The van der Waals surface area contributed by atoms with Crippen molar-refractivity contribution in [3.05, 3.63) is 71.6 Å². The minimum Gasteiger partial charge on any atom is -0.302 e. The number of nitrogens with one attached hydrogen (secondary N) is 1. The van der Waals surface area contributed by atoms with E-state index in [1.165, 1.54) is 11.3 Å². The fraction of sp³-hybridized carbons (Fsp3) is 0.0556. The van der Waals surface area contributed by atoms with Crippen molar-refractivity contribution in [2.75, 3.05) is 5.32 Å². The van der Waals surface area contributed by atoms with E-state index in [2.05, 4.69) is 10.3 Å². The molecule has 1 heterocycles. The van der Waals surface area contributed by atoms with Crippen LogP contribution in [-0.2, 0) is 4.79 Å². The van der Waals surface area contributed by atoms with Gasteiger partial charge in [0.25, 0.3) is 0 Å². The molecule has 0 saturated carbocycles. The van der Waals surface area contributed by atoms with Crippen LogP contribution in [0.2, 0.25) is 0 Å². The maximum atomic E-state index is 12.0. The van der Waals surface area contributed by atoms with E-state index in [4.69, 9.17) is 0 Å². The Kier molecular flexibility index (Phi) is 4.59. The van der Waals surface area contributed by atoms with Crippen LogP contribution in [0.3, 0.4) is 0 Å². The molecule has 0 aliphatic heterocycles. The highest BCUT2D eigenvalue weighted by molar-refractivity contribution is 7.14. The van der Waals surface area contributed by atoms with Crippen LogP contribution in [-0.4, -0.2) is 16.7 Å². The Balaban J connectivity index is 1.63. The second kappa shape index (κ2) is 6.98. The molecule has 1 N–H and O–H groups in total. The van der Waals surface area contributed by atoms with Crippen molar-refractivity contribution in [2.24, 2.45) is 0 Å². The molecule has 3 rings (SSSR count). The lowest BCUT2D eigenvalue weighted by atomic mass is 10.1. The molecule has 4 nitrogen and oxygen atoms in total. The van der Waals surface area contributed by atoms with E-state index in [-0.39, 0.29) is 18.1 Å². The van der Waals surface area contributed by atoms with Gasteiger partial charge in [0.2, 0.25) is 5.91 Å². The molecular formula is C18H14N2O2S. The summed E-state index contributed by atoms with van der Waals surface area (Å²) in [5.41, 5.74) is 2.33. The van der Waals surface area contributed by atoms with Crippen molar-refractivity contribution in [3.8, 4) is 11.3 Å². The lowest BCUT2D eigenvalue weighted by Crippen LogP contribution is -2.16. The first-order valence-corrected chi connectivity index (χ1v) is 7.99. The first-order chi connectivity index (χ1) is 11.2. The summed E-state index contributed by atoms with van der Waals surface area (Å²) in [5.74, 6) is -0.559. The molecule has 0 aliphatic rings. The Morgan fingerprint density at radius 3 is 2.30 bits per heavy atom. The summed E-state index contributed by atoms with van der Waals surface area (Å²) in [6.07, 6.45) is -0.190. The average Bonchev–Trinajstić information content (AvgIpc) is 3.04. The van der Waals surface area contributed by atoms with Gasteiger partial charge in [0.15, 0.2) is 10.9 Å². The molecule has 0 fully saturated rings. The van der Waals surface area contributed by atoms with Crippen LogP contribution in [0.15, 0.2) is 66.0 Å². The molecule has 0 radical (unpaired) electrons. The third kappa shape index (κ3) is 3.90. The quantitative estimate of drug-likeness (QED) is 0.570. The lowest BCUT2D eigenvalue weighted by molar-refractivity contribution is -0.115. The molecule has 0 atom stereocenters. The van der Waals surface area contributed by atoms with Crippen LogP contribution in [0.1, 0.15) is 16.8 Å². The van der Waals surface area contributed by atoms with Gasteiger partial charge >= 0.3 is 0 Å². The Hall–Kier alpha value is -2.79. The predicted octanol–water partition coefficient (Wildman–Crippen LogP) is 4.02. The van der Waals surface area contributed by atoms with E-state index >= 15 is 0 Å². The van der Waals surface area contributed by atoms with Gasteiger partial charge in [0, 0.05) is 16.5 Å². The van der Waals surface area contributed by atoms with Gasteiger partial charge in [0.1, 0.15) is 0 Å². The number of aromatic nitrogens is 1. The van der Waals surface area contributed by atoms with E-state index in [0.717, 1.165) is 11.3 Å². The first kappa shape index (κ1) is 15.1. The summed E-state index contributed by atoms with van der Waals surface area (Å²) in [4.78, 5) is 28.3. The maximum absolute atomic E-state index is 12.0. The number of carbonyl (C=O) groups is 2. The summed E-state index contributed by atoms with van der Waals surface area (Å²) in [5, 5.41) is 5.05. The van der Waals surface area contributed by atoms with Crippen LogP contribution in [0, 0.1) is 0 Å². The van der Waals surface area contributed by atoms with Crippen molar-refractivity contribution in [3.63, 3.8) is 0 Å². The highest BCUT2D eigenvalue weighted by atomic mass is 32.1. The standard InChI is InChI=1S/C18H14N2O2S/c21-16(14-9-5-2-6-10-14)11-17(22)20-18-19-15(12-23-18)13-7-3-1-4-8-13/h1-10,12H,11H2,(H,19,20,22). The van der Waals surface area contributed by atoms with Crippen molar-refractivity contribution >= 4 is 28.2 Å². The molecule has 2 aromatic carbocycles. The predicted molar refractivity (Wildman–Crippen MR) is 91.6 cm³/mol. The number of amides is 1. The molecule has 1 aromatic heterocycles. The van der Waals surface area contributed by atoms with E-state index in [1.54, 1.807) is 24.3 Å². The number of benzene rings is 2. The highest BCUT2D eigenvalue weighted by Gasteiger charge is 2.13. The SMILES string of the molecule is O=C(CC(=O)c1ccccc1)Nc1nc(-c2ccccc2)cs1. The van der Waals surface area contributed by atoms with Crippen LogP contribution < -0.4 is 5.32 Å². The largest absolute Gasteiger partial charge is 0.302 e. The van der Waals surface area contributed by atoms with Crippen molar-refractivity contribution in [1.29, 1.82) is 0 Å². The van der Waals surface area contributed by atoms with Gasteiger partial charge in [0.05, 0.1) is 12.1 Å². The Morgan fingerprint density at radius 2 is 1.61 bits per heavy atom. The third-order valence-corrected chi connectivity index (χ3v) is 3.99. The van der Waals surface area contributed by atoms with Gasteiger partial charge in [-0.1, -0.05) is 60.7 Å².